The first-order valence-corrected chi connectivity index (χ1v) is 11.0. The predicted octanol–water partition coefficient (Wildman–Crippen LogP) is 2.06. The molecular weight excluding hydrogens is 442 g/mol. The Bertz CT molecular complexity index is 1290. The maximum atomic E-state index is 12.9. The second kappa shape index (κ2) is 11.1. The molecule has 0 saturated carbocycles. The Labute approximate surface area is 194 Å². The SMILES string of the molecule is CCCCN(C(=O)COC(=O)C=Cc1nc2ccccc2o1)c1c(N)n(CCC)c(=O)[nH]c1=O. The number of para-hydroxylation sites is 2. The zero-order valence-electron chi connectivity index (χ0n) is 19.1. The summed E-state index contributed by atoms with van der Waals surface area (Å²) in [4.78, 5) is 57.2. The first-order valence-electron chi connectivity index (χ1n) is 11.0. The van der Waals surface area contributed by atoms with E-state index in [0.717, 1.165) is 17.4 Å². The molecule has 3 N–H and O–H groups in total. The number of carbonyl (C=O) groups is 2. The van der Waals surface area contributed by atoms with E-state index in [1.165, 1.54) is 10.6 Å². The van der Waals surface area contributed by atoms with Gasteiger partial charge in [0.1, 0.15) is 11.3 Å². The number of benzene rings is 1. The lowest BCUT2D eigenvalue weighted by Crippen LogP contribution is -2.43. The molecule has 11 heteroatoms. The lowest BCUT2D eigenvalue weighted by molar-refractivity contribution is -0.142. The van der Waals surface area contributed by atoms with Gasteiger partial charge in [0.2, 0.25) is 5.89 Å². The van der Waals surface area contributed by atoms with Gasteiger partial charge in [-0.3, -0.25) is 19.1 Å². The number of nitrogen functional groups attached to an aromatic ring is 1. The Kier molecular flexibility index (Phi) is 8.01. The molecule has 0 saturated heterocycles. The first-order chi connectivity index (χ1) is 16.3. The highest BCUT2D eigenvalue weighted by molar-refractivity contribution is 5.98. The Morgan fingerprint density at radius 2 is 2.00 bits per heavy atom. The molecule has 180 valence electrons. The number of esters is 1. The van der Waals surface area contributed by atoms with Crippen molar-refractivity contribution in [3.8, 4) is 0 Å². The van der Waals surface area contributed by atoms with Gasteiger partial charge in [0.25, 0.3) is 11.5 Å². The van der Waals surface area contributed by atoms with E-state index in [0.29, 0.717) is 23.9 Å². The molecule has 1 amide bonds. The van der Waals surface area contributed by atoms with Crippen LogP contribution in [0.25, 0.3) is 17.2 Å². The number of nitrogens with one attached hydrogen (secondary N) is 1. The van der Waals surface area contributed by atoms with Gasteiger partial charge in [-0.1, -0.05) is 32.4 Å². The number of anilines is 2. The number of aromatic amines is 1. The predicted molar refractivity (Wildman–Crippen MR) is 127 cm³/mol. The lowest BCUT2D eigenvalue weighted by Gasteiger charge is -2.24. The number of amides is 1. The molecule has 0 bridgehead atoms. The summed E-state index contributed by atoms with van der Waals surface area (Å²) >= 11 is 0. The van der Waals surface area contributed by atoms with Crippen LogP contribution in [0, 0.1) is 0 Å². The molecule has 2 heterocycles. The Morgan fingerprint density at radius 1 is 1.24 bits per heavy atom. The number of nitrogens with zero attached hydrogens (tertiary/aromatic N) is 3. The third-order valence-electron chi connectivity index (χ3n) is 4.98. The van der Waals surface area contributed by atoms with Gasteiger partial charge in [0.15, 0.2) is 17.9 Å². The van der Waals surface area contributed by atoms with Crippen molar-refractivity contribution < 1.29 is 18.7 Å². The second-order valence-electron chi connectivity index (χ2n) is 7.50. The summed E-state index contributed by atoms with van der Waals surface area (Å²) in [5.74, 6) is -1.33. The molecule has 0 unspecified atom stereocenters. The van der Waals surface area contributed by atoms with Crippen LogP contribution in [0.1, 0.15) is 39.0 Å². The fraction of sp³-hybridized carbons (Fsp3) is 0.348. The highest BCUT2D eigenvalue weighted by Gasteiger charge is 2.24. The number of carbonyl (C=O) groups excluding carboxylic acids is 2. The van der Waals surface area contributed by atoms with Gasteiger partial charge in [0.05, 0.1) is 0 Å². The molecule has 0 spiro atoms. The number of unbranched alkanes of at least 4 members (excludes halogenated alkanes) is 1. The topological polar surface area (TPSA) is 154 Å². The van der Waals surface area contributed by atoms with Crippen LogP contribution in [-0.2, 0) is 20.9 Å². The summed E-state index contributed by atoms with van der Waals surface area (Å²) in [5.41, 5.74) is 5.75. The van der Waals surface area contributed by atoms with Crippen LogP contribution in [0.2, 0.25) is 0 Å². The van der Waals surface area contributed by atoms with Crippen molar-refractivity contribution in [3.05, 3.63) is 57.1 Å². The highest BCUT2D eigenvalue weighted by atomic mass is 16.5. The normalized spacial score (nSPS) is 11.2. The average molecular weight is 469 g/mol. The zero-order valence-corrected chi connectivity index (χ0v) is 19.1. The summed E-state index contributed by atoms with van der Waals surface area (Å²) in [6, 6.07) is 7.14. The molecule has 11 nitrogen and oxygen atoms in total. The number of ether oxygens (including phenoxy) is 1. The number of oxazole rings is 1. The molecule has 0 aliphatic heterocycles. The van der Waals surface area contributed by atoms with Crippen LogP contribution < -0.4 is 21.9 Å². The van der Waals surface area contributed by atoms with E-state index < -0.39 is 29.7 Å². The first kappa shape index (κ1) is 24.5. The maximum Gasteiger partial charge on any atom is 0.331 e. The number of rotatable bonds is 10. The van der Waals surface area contributed by atoms with Gasteiger partial charge in [-0.25, -0.2) is 14.6 Å². The van der Waals surface area contributed by atoms with E-state index in [1.807, 2.05) is 19.9 Å². The third kappa shape index (κ3) is 5.61. The molecule has 3 rings (SSSR count). The number of nitrogens with two attached hydrogens (primary N) is 1. The summed E-state index contributed by atoms with van der Waals surface area (Å²) in [7, 11) is 0. The average Bonchev–Trinajstić information content (AvgIpc) is 3.24. The van der Waals surface area contributed by atoms with Crippen molar-refractivity contribution in [2.45, 2.75) is 39.7 Å². The molecule has 3 aromatic rings. The Balaban J connectivity index is 1.74. The van der Waals surface area contributed by atoms with Gasteiger partial charge in [0, 0.05) is 25.2 Å². The fourth-order valence-corrected chi connectivity index (χ4v) is 3.32. The monoisotopic (exact) mass is 469 g/mol. The van der Waals surface area contributed by atoms with E-state index in [9.17, 15) is 19.2 Å². The van der Waals surface area contributed by atoms with E-state index in [2.05, 4.69) is 9.97 Å². The van der Waals surface area contributed by atoms with Gasteiger partial charge in [-0.2, -0.15) is 0 Å². The molecule has 2 aromatic heterocycles. The van der Waals surface area contributed by atoms with Crippen LogP contribution in [0.5, 0.6) is 0 Å². The quantitative estimate of drug-likeness (QED) is 0.338. The summed E-state index contributed by atoms with van der Waals surface area (Å²) in [5, 5.41) is 0. The molecule has 34 heavy (non-hydrogen) atoms. The number of hydrogen-bond acceptors (Lipinski definition) is 8. The number of aromatic nitrogens is 3. The Morgan fingerprint density at radius 3 is 2.71 bits per heavy atom. The third-order valence-corrected chi connectivity index (χ3v) is 4.98. The summed E-state index contributed by atoms with van der Waals surface area (Å²) < 4.78 is 11.8. The standard InChI is InChI=1S/C23H27N5O6/c1-3-5-13-27(20-21(24)28(12-4-2)23(32)26-22(20)31)18(29)14-33-19(30)11-10-17-25-15-8-6-7-9-16(15)34-17/h6-11H,3-5,12-14,24H2,1-2H3,(H,26,31,32). The molecule has 1 aromatic carbocycles. The van der Waals surface area contributed by atoms with Gasteiger partial charge in [-0.05, 0) is 25.0 Å². The van der Waals surface area contributed by atoms with Crippen molar-refractivity contribution >= 4 is 40.6 Å². The molecule has 0 radical (unpaired) electrons. The van der Waals surface area contributed by atoms with Crippen molar-refractivity contribution in [2.75, 3.05) is 23.8 Å². The van der Waals surface area contributed by atoms with Crippen molar-refractivity contribution in [2.24, 2.45) is 0 Å². The van der Waals surface area contributed by atoms with Crippen LogP contribution in [0.15, 0.2) is 44.3 Å². The minimum atomic E-state index is -0.788. The van der Waals surface area contributed by atoms with E-state index in [-0.39, 0.29) is 30.5 Å². The highest BCUT2D eigenvalue weighted by Crippen LogP contribution is 2.18. The molecule has 0 fully saturated rings. The number of fused-ring (bicyclic) bond motifs is 1. The largest absolute Gasteiger partial charge is 0.452 e. The van der Waals surface area contributed by atoms with Crippen molar-refractivity contribution in [1.29, 1.82) is 0 Å². The zero-order chi connectivity index (χ0) is 24.7. The summed E-state index contributed by atoms with van der Waals surface area (Å²) in [6.45, 7) is 3.60. The molecule has 0 atom stereocenters. The second-order valence-corrected chi connectivity index (χ2v) is 7.50. The van der Waals surface area contributed by atoms with Crippen LogP contribution in [-0.4, -0.2) is 39.6 Å². The van der Waals surface area contributed by atoms with Crippen molar-refractivity contribution in [1.82, 2.24) is 14.5 Å². The van der Waals surface area contributed by atoms with Crippen LogP contribution in [0.3, 0.4) is 0 Å². The molecular formula is C23H27N5O6. The van der Waals surface area contributed by atoms with Crippen LogP contribution in [0.4, 0.5) is 11.5 Å². The molecule has 0 aliphatic rings. The van der Waals surface area contributed by atoms with E-state index >= 15 is 0 Å². The minimum absolute atomic E-state index is 0.109. The summed E-state index contributed by atoms with van der Waals surface area (Å²) in [6.07, 6.45) is 4.34. The van der Waals surface area contributed by atoms with Gasteiger partial charge >= 0.3 is 11.7 Å². The van der Waals surface area contributed by atoms with Gasteiger partial charge in [-0.15, -0.1) is 0 Å². The van der Waals surface area contributed by atoms with Crippen LogP contribution >= 0.6 is 0 Å². The minimum Gasteiger partial charge on any atom is -0.452 e. The number of H-pyrrole nitrogens is 1. The van der Waals surface area contributed by atoms with Gasteiger partial charge < -0.3 is 19.8 Å². The van der Waals surface area contributed by atoms with E-state index in [4.69, 9.17) is 14.9 Å². The number of hydrogen-bond donors (Lipinski definition) is 2. The lowest BCUT2D eigenvalue weighted by atomic mass is 10.2. The maximum absolute atomic E-state index is 12.9. The van der Waals surface area contributed by atoms with E-state index in [1.54, 1.807) is 18.2 Å². The van der Waals surface area contributed by atoms with Crippen molar-refractivity contribution in [3.63, 3.8) is 0 Å². The smallest absolute Gasteiger partial charge is 0.331 e. The Hall–Kier alpha value is -4.15. The molecule has 0 aliphatic carbocycles. The fourth-order valence-electron chi connectivity index (χ4n) is 3.32.